The molecule has 1 aliphatic rings. The van der Waals surface area contributed by atoms with Crippen LogP contribution in [0.2, 0.25) is 0 Å². The molecule has 272 valence electrons. The highest BCUT2D eigenvalue weighted by Crippen LogP contribution is 2.54. The maximum Gasteiger partial charge on any atom is 0.430 e. The Labute approximate surface area is 284 Å². The second-order valence-corrected chi connectivity index (χ2v) is 16.2. The van der Waals surface area contributed by atoms with Gasteiger partial charge in [0.2, 0.25) is 0 Å². The Balaban J connectivity index is 3.82. The normalized spacial score (nSPS) is 23.1. The van der Waals surface area contributed by atoms with Crippen LogP contribution in [0.3, 0.4) is 0 Å². The van der Waals surface area contributed by atoms with Crippen LogP contribution in [-0.4, -0.2) is 78.1 Å². The third-order valence-corrected chi connectivity index (χ3v) is 10.5. The Hall–Kier alpha value is -0.520. The van der Waals surface area contributed by atoms with Crippen LogP contribution in [-0.2, 0) is 23.8 Å². The number of carbonyl (C=O) groups excluding carboxylic acids is 2. The van der Waals surface area contributed by atoms with E-state index in [1.54, 1.807) is 0 Å². The first kappa shape index (κ1) is 43.5. The molecule has 0 spiro atoms. The van der Waals surface area contributed by atoms with E-state index in [1.165, 1.54) is 66.0 Å². The van der Waals surface area contributed by atoms with Crippen LogP contribution < -0.4 is 0 Å². The molecule has 0 amide bonds. The Kier molecular flexibility index (Phi) is 14.0. The van der Waals surface area contributed by atoms with Crippen molar-refractivity contribution < 1.29 is 81.6 Å². The van der Waals surface area contributed by atoms with Crippen LogP contribution in [0, 0.1) is 5.92 Å². The van der Waals surface area contributed by atoms with Gasteiger partial charge in [-0.15, -0.1) is 0 Å². The number of esters is 2. The van der Waals surface area contributed by atoms with Gasteiger partial charge >= 0.3 is 36.6 Å². The summed E-state index contributed by atoms with van der Waals surface area (Å²) in [6.45, 7) is 5.83. The quantitative estimate of drug-likeness (QED) is 0.0914. The fourth-order valence-corrected chi connectivity index (χ4v) is 5.05. The van der Waals surface area contributed by atoms with E-state index in [2.05, 4.69) is 9.47 Å². The number of hydrogen-bond donors (Lipinski definition) is 1. The average Bonchev–Trinajstić information content (AvgIpc) is 2.90. The number of halogens is 14. The molecule has 0 aliphatic heterocycles. The van der Waals surface area contributed by atoms with Crippen molar-refractivity contribution in [2.75, 3.05) is 0 Å². The predicted octanol–water partition coefficient (Wildman–Crippen LogP) is 8.72. The molecule has 1 saturated carbocycles. The summed E-state index contributed by atoms with van der Waals surface area (Å²) in [5.41, 5.74) is -11.0. The van der Waals surface area contributed by atoms with Crippen LogP contribution in [0.4, 0.5) is 52.7 Å². The minimum absolute atomic E-state index is 0.0746. The van der Waals surface area contributed by atoms with Crippen molar-refractivity contribution in [2.45, 2.75) is 141 Å². The Bertz CT molecular complexity index is 1030. The summed E-state index contributed by atoms with van der Waals surface area (Å²) in [5.74, 6) is -5.40. The van der Waals surface area contributed by atoms with Crippen molar-refractivity contribution in [3.8, 4) is 0 Å². The molecule has 6 atom stereocenters. The van der Waals surface area contributed by atoms with Crippen LogP contribution in [0.1, 0.15) is 79.6 Å². The highest BCUT2D eigenvalue weighted by molar-refractivity contribution is 14.1. The van der Waals surface area contributed by atoms with Gasteiger partial charge in [-0.2, -0.15) is 52.7 Å². The van der Waals surface area contributed by atoms with Gasteiger partial charge in [0.25, 0.3) is 11.2 Å². The van der Waals surface area contributed by atoms with Gasteiger partial charge in [-0.3, -0.25) is 9.59 Å². The molecular weight excluding hydrogens is 890 g/mol. The second kappa shape index (κ2) is 14.8. The van der Waals surface area contributed by atoms with E-state index in [0.717, 1.165) is 13.8 Å². The van der Waals surface area contributed by atoms with Gasteiger partial charge in [0.1, 0.15) is 12.9 Å². The molecule has 6 unspecified atom stereocenters. The molecule has 1 aliphatic carbocycles. The predicted molar refractivity (Wildman–Crippen MR) is 154 cm³/mol. The monoisotopic (exact) mass is 924 g/mol. The highest BCUT2D eigenvalue weighted by Gasteiger charge is 2.79. The van der Waals surface area contributed by atoms with Gasteiger partial charge in [0.15, 0.2) is 6.10 Å². The summed E-state index contributed by atoms with van der Waals surface area (Å²) in [5, 5.41) is 10.2. The summed E-state index contributed by atoms with van der Waals surface area (Å²) < 4.78 is 182. The number of rotatable bonds is 12. The van der Waals surface area contributed by atoms with Crippen molar-refractivity contribution >= 4 is 57.1 Å². The lowest BCUT2D eigenvalue weighted by atomic mass is 9.76. The van der Waals surface area contributed by atoms with E-state index < -0.39 is 111 Å². The van der Waals surface area contributed by atoms with E-state index in [-0.39, 0.29) is 12.8 Å². The van der Waals surface area contributed by atoms with E-state index >= 15 is 0 Å². The smallest absolute Gasteiger partial charge is 0.430 e. The number of aliphatic hydroxyl groups is 1. The molecule has 0 bridgehead atoms. The minimum Gasteiger partial charge on any atom is -0.458 e. The zero-order chi connectivity index (χ0) is 36.5. The molecule has 0 radical (unpaired) electrons. The Morgan fingerprint density at radius 2 is 1.15 bits per heavy atom. The molecule has 20 heteroatoms. The SMILES string of the molecule is CCC(OC(=O)C(C)(I)CC)C(OC1CCCC(C(OC(=O)C(C)(I)CC)C(O)(C(F)(F)F)C(F)(F)F)C1)(C(F)(F)F)C(F)(F)F. The lowest BCUT2D eigenvalue weighted by Gasteiger charge is -2.47. The molecule has 6 nitrogen and oxygen atoms in total. The van der Waals surface area contributed by atoms with Crippen molar-refractivity contribution in [1.82, 2.24) is 0 Å². The fourth-order valence-electron chi connectivity index (χ4n) is 4.80. The first-order chi connectivity index (χ1) is 20.4. The maximum atomic E-state index is 14.5. The Morgan fingerprint density at radius 3 is 1.50 bits per heavy atom. The molecular formula is C26H34F12I2O6. The van der Waals surface area contributed by atoms with Gasteiger partial charge in [0.05, 0.1) is 6.10 Å². The van der Waals surface area contributed by atoms with Gasteiger partial charge in [-0.1, -0.05) is 72.4 Å². The summed E-state index contributed by atoms with van der Waals surface area (Å²) in [6, 6.07) is 0. The van der Waals surface area contributed by atoms with Crippen LogP contribution >= 0.6 is 45.2 Å². The maximum absolute atomic E-state index is 14.5. The Morgan fingerprint density at radius 1 is 0.739 bits per heavy atom. The van der Waals surface area contributed by atoms with Crippen LogP contribution in [0.25, 0.3) is 0 Å². The molecule has 0 aromatic rings. The largest absolute Gasteiger partial charge is 0.458 e. The third kappa shape index (κ3) is 8.79. The summed E-state index contributed by atoms with van der Waals surface area (Å²) >= 11 is 2.83. The number of alkyl halides is 14. The van der Waals surface area contributed by atoms with Gasteiger partial charge < -0.3 is 19.3 Å². The minimum atomic E-state index is -6.56. The highest BCUT2D eigenvalue weighted by atomic mass is 127. The van der Waals surface area contributed by atoms with E-state index in [1.807, 2.05) is 0 Å². The fraction of sp³-hybridized carbons (Fsp3) is 0.923. The van der Waals surface area contributed by atoms with E-state index in [9.17, 15) is 67.4 Å². The van der Waals surface area contributed by atoms with E-state index in [4.69, 9.17) is 4.74 Å². The third-order valence-electron chi connectivity index (χ3n) is 8.05. The molecule has 1 rings (SSSR count). The van der Waals surface area contributed by atoms with Gasteiger partial charge in [-0.25, -0.2) is 0 Å². The van der Waals surface area contributed by atoms with Gasteiger partial charge in [-0.05, 0) is 52.4 Å². The molecule has 1 N–H and O–H groups in total. The number of hydrogen-bond acceptors (Lipinski definition) is 6. The summed E-state index contributed by atoms with van der Waals surface area (Å²) in [6.07, 6.45) is -39.6. The summed E-state index contributed by atoms with van der Waals surface area (Å²) in [7, 11) is 0. The number of carbonyl (C=O) groups is 2. The topological polar surface area (TPSA) is 82.1 Å². The molecule has 1 fully saturated rings. The zero-order valence-electron chi connectivity index (χ0n) is 25.0. The van der Waals surface area contributed by atoms with Gasteiger partial charge in [0, 0.05) is 5.92 Å². The molecule has 0 heterocycles. The van der Waals surface area contributed by atoms with Crippen molar-refractivity contribution in [2.24, 2.45) is 5.92 Å². The molecule has 46 heavy (non-hydrogen) atoms. The van der Waals surface area contributed by atoms with Crippen LogP contribution in [0.5, 0.6) is 0 Å². The summed E-state index contributed by atoms with van der Waals surface area (Å²) in [4.78, 5) is 25.3. The molecule has 0 aromatic heterocycles. The second-order valence-electron chi connectivity index (χ2n) is 11.4. The molecule has 0 aromatic carbocycles. The van der Waals surface area contributed by atoms with E-state index in [0.29, 0.717) is 0 Å². The first-order valence-corrected chi connectivity index (χ1v) is 16.0. The van der Waals surface area contributed by atoms with Crippen molar-refractivity contribution in [3.63, 3.8) is 0 Å². The average molecular weight is 924 g/mol. The lowest BCUT2D eigenvalue weighted by molar-refractivity contribution is -0.416. The van der Waals surface area contributed by atoms with Crippen molar-refractivity contribution in [1.29, 1.82) is 0 Å². The first-order valence-electron chi connectivity index (χ1n) is 13.9. The number of ether oxygens (including phenoxy) is 3. The standard InChI is InChI=1S/C26H34F12I2O6/c1-6-15(44-17(41)19(4,39)7-2)22(25(33,34)35,26(36,37)38)46-14-11-9-10-13(12-14)16(45-18(42)20(5,40)8-3)21(43,23(27,28)29)24(30,31)32/h13-16,43H,6-12H2,1-5H3. The van der Waals surface area contributed by atoms with Crippen molar-refractivity contribution in [3.05, 3.63) is 0 Å². The lowest BCUT2D eigenvalue weighted by Crippen LogP contribution is -2.69. The van der Waals surface area contributed by atoms with Crippen LogP contribution in [0.15, 0.2) is 0 Å². The zero-order valence-corrected chi connectivity index (χ0v) is 29.4. The molecule has 0 saturated heterocycles.